The highest BCUT2D eigenvalue weighted by Gasteiger charge is 2.40. The van der Waals surface area contributed by atoms with Crippen molar-refractivity contribution in [1.82, 2.24) is 14.6 Å². The first-order valence-electron chi connectivity index (χ1n) is 9.48. The van der Waals surface area contributed by atoms with Crippen molar-refractivity contribution in [1.29, 1.82) is 0 Å². The van der Waals surface area contributed by atoms with E-state index in [1.807, 2.05) is 56.5 Å². The second-order valence-electron chi connectivity index (χ2n) is 8.24. The molecule has 29 heavy (non-hydrogen) atoms. The maximum Gasteiger partial charge on any atom is 0.410 e. The minimum atomic E-state index is -3.40. The van der Waals surface area contributed by atoms with Crippen LogP contribution in [0.1, 0.15) is 32.9 Å². The number of likely N-dealkylation sites (tertiary alicyclic amines) is 1. The molecule has 0 bridgehead atoms. The van der Waals surface area contributed by atoms with Crippen molar-refractivity contribution < 1.29 is 17.9 Å². The third kappa shape index (κ3) is 6.01. The van der Waals surface area contributed by atoms with Gasteiger partial charge in [-0.15, -0.1) is 11.3 Å². The van der Waals surface area contributed by atoms with Crippen LogP contribution < -0.4 is 4.72 Å². The van der Waals surface area contributed by atoms with Crippen LogP contribution in [0.3, 0.4) is 0 Å². The monoisotopic (exact) mass is 437 g/mol. The maximum absolute atomic E-state index is 12.7. The minimum absolute atomic E-state index is 0.356. The van der Waals surface area contributed by atoms with E-state index in [1.54, 1.807) is 4.90 Å². The van der Waals surface area contributed by atoms with Crippen LogP contribution in [0.25, 0.3) is 10.6 Å². The number of benzene rings is 1. The smallest absolute Gasteiger partial charge is 0.410 e. The first-order valence-corrected chi connectivity index (χ1v) is 12.3. The number of nitrogens with zero attached hydrogens (tertiary/aromatic N) is 2. The molecule has 7 nitrogen and oxygen atoms in total. The van der Waals surface area contributed by atoms with Gasteiger partial charge in [0.15, 0.2) is 0 Å². The Hall–Kier alpha value is -1.97. The summed E-state index contributed by atoms with van der Waals surface area (Å²) in [6.07, 6.45) is 1.69. The van der Waals surface area contributed by atoms with Crippen molar-refractivity contribution in [2.45, 2.75) is 51.3 Å². The van der Waals surface area contributed by atoms with Gasteiger partial charge in [-0.1, -0.05) is 30.3 Å². The SMILES string of the molecule is CC(C)(C)OC(=O)N1CC[C@@H](NS(C)(=O)=O)[C@H]1Cc1csc(-c2ccccc2)n1. The molecule has 0 unspecified atom stereocenters. The number of rotatable bonds is 5. The molecule has 1 aromatic heterocycles. The molecule has 0 radical (unpaired) electrons. The van der Waals surface area contributed by atoms with Crippen LogP contribution in [0.15, 0.2) is 35.7 Å². The van der Waals surface area contributed by atoms with Gasteiger partial charge in [0.1, 0.15) is 10.6 Å². The number of carbonyl (C=O) groups is 1. The summed E-state index contributed by atoms with van der Waals surface area (Å²) in [5.41, 5.74) is 1.24. The summed E-state index contributed by atoms with van der Waals surface area (Å²) in [6, 6.07) is 9.15. The van der Waals surface area contributed by atoms with Gasteiger partial charge in [-0.3, -0.25) is 0 Å². The lowest BCUT2D eigenvalue weighted by atomic mass is 10.1. The first-order chi connectivity index (χ1) is 13.5. The van der Waals surface area contributed by atoms with Gasteiger partial charge < -0.3 is 9.64 Å². The molecule has 2 heterocycles. The van der Waals surface area contributed by atoms with Crippen molar-refractivity contribution in [2.75, 3.05) is 12.8 Å². The normalized spacial score (nSPS) is 20.1. The Labute approximate surface area is 176 Å². The lowest BCUT2D eigenvalue weighted by molar-refractivity contribution is 0.0218. The quantitative estimate of drug-likeness (QED) is 0.775. The van der Waals surface area contributed by atoms with Crippen molar-refractivity contribution >= 4 is 27.5 Å². The van der Waals surface area contributed by atoms with Crippen molar-refractivity contribution in [3.05, 3.63) is 41.4 Å². The Balaban J connectivity index is 1.82. The molecule has 1 fully saturated rings. The molecule has 9 heteroatoms. The van der Waals surface area contributed by atoms with Gasteiger partial charge in [-0.2, -0.15) is 0 Å². The van der Waals surface area contributed by atoms with Gasteiger partial charge in [-0.25, -0.2) is 22.9 Å². The van der Waals surface area contributed by atoms with E-state index in [0.29, 0.717) is 19.4 Å². The number of ether oxygens (including phenoxy) is 1. The summed E-state index contributed by atoms with van der Waals surface area (Å²) >= 11 is 1.54. The molecule has 1 N–H and O–H groups in total. The Bertz CT molecular complexity index is 952. The van der Waals surface area contributed by atoms with Gasteiger partial charge in [0.05, 0.1) is 18.0 Å². The zero-order valence-corrected chi connectivity index (χ0v) is 18.7. The standard InChI is InChI=1S/C20H27N3O4S2/c1-20(2,3)27-19(24)23-11-10-16(22-29(4,25)26)17(23)12-15-13-28-18(21-15)14-8-6-5-7-9-14/h5-9,13,16-17,22H,10-12H2,1-4H3/t16-,17-/m1/s1. The molecule has 1 aliphatic heterocycles. The summed E-state index contributed by atoms with van der Waals surface area (Å²) < 4.78 is 31.8. The fourth-order valence-electron chi connectivity index (χ4n) is 3.39. The van der Waals surface area contributed by atoms with E-state index in [4.69, 9.17) is 9.72 Å². The Morgan fingerprint density at radius 2 is 2.00 bits per heavy atom. The van der Waals surface area contributed by atoms with Crippen LogP contribution in [0.2, 0.25) is 0 Å². The van der Waals surface area contributed by atoms with Crippen molar-refractivity contribution in [3.63, 3.8) is 0 Å². The molecular weight excluding hydrogens is 410 g/mol. The molecule has 1 amide bonds. The summed E-state index contributed by atoms with van der Waals surface area (Å²) in [4.78, 5) is 19.0. The molecular formula is C20H27N3O4S2. The second-order valence-corrected chi connectivity index (χ2v) is 10.9. The van der Waals surface area contributed by atoms with Gasteiger partial charge >= 0.3 is 6.09 Å². The average molecular weight is 438 g/mol. The highest BCUT2D eigenvalue weighted by atomic mass is 32.2. The molecule has 0 spiro atoms. The van der Waals surface area contributed by atoms with Gasteiger partial charge in [-0.05, 0) is 27.2 Å². The molecule has 0 aliphatic carbocycles. The summed E-state index contributed by atoms with van der Waals surface area (Å²) in [5.74, 6) is 0. The van der Waals surface area contributed by atoms with Crippen LogP contribution in [0.5, 0.6) is 0 Å². The Morgan fingerprint density at radius 3 is 2.62 bits per heavy atom. The molecule has 0 saturated carbocycles. The fraction of sp³-hybridized carbons (Fsp3) is 0.500. The van der Waals surface area contributed by atoms with Crippen molar-refractivity contribution in [2.24, 2.45) is 0 Å². The van der Waals surface area contributed by atoms with E-state index in [9.17, 15) is 13.2 Å². The van der Waals surface area contributed by atoms with Gasteiger partial charge in [0.2, 0.25) is 10.0 Å². The van der Waals surface area contributed by atoms with Crippen LogP contribution in [-0.4, -0.2) is 54.9 Å². The largest absolute Gasteiger partial charge is 0.444 e. The summed E-state index contributed by atoms with van der Waals surface area (Å²) in [6.45, 7) is 5.88. The second kappa shape index (κ2) is 8.41. The van der Waals surface area contributed by atoms with Gasteiger partial charge in [0, 0.05) is 30.0 Å². The zero-order valence-electron chi connectivity index (χ0n) is 17.1. The topological polar surface area (TPSA) is 88.6 Å². The average Bonchev–Trinajstić information content (AvgIpc) is 3.21. The van der Waals surface area contributed by atoms with Crippen LogP contribution >= 0.6 is 11.3 Å². The predicted octanol–water partition coefficient (Wildman–Crippen LogP) is 3.28. The first kappa shape index (κ1) is 21.7. The highest BCUT2D eigenvalue weighted by Crippen LogP contribution is 2.28. The minimum Gasteiger partial charge on any atom is -0.444 e. The third-order valence-electron chi connectivity index (χ3n) is 4.53. The maximum atomic E-state index is 12.7. The van der Waals surface area contributed by atoms with E-state index >= 15 is 0 Å². The molecule has 1 aliphatic rings. The third-order valence-corrected chi connectivity index (χ3v) is 6.20. The number of nitrogens with one attached hydrogen (secondary N) is 1. The molecule has 1 saturated heterocycles. The van der Waals surface area contributed by atoms with Crippen LogP contribution in [-0.2, 0) is 21.2 Å². The number of sulfonamides is 1. The van der Waals surface area contributed by atoms with E-state index in [0.717, 1.165) is 22.5 Å². The number of hydrogen-bond acceptors (Lipinski definition) is 6. The molecule has 1 aromatic carbocycles. The summed E-state index contributed by atoms with van der Waals surface area (Å²) in [7, 11) is -3.40. The van der Waals surface area contributed by atoms with E-state index in [-0.39, 0.29) is 12.1 Å². The Kier molecular flexibility index (Phi) is 6.30. The van der Waals surface area contributed by atoms with Crippen molar-refractivity contribution in [3.8, 4) is 10.6 Å². The molecule has 158 valence electrons. The molecule has 3 rings (SSSR count). The number of carbonyl (C=O) groups excluding carboxylic acids is 1. The fourth-order valence-corrected chi connectivity index (χ4v) is 5.06. The lowest BCUT2D eigenvalue weighted by Gasteiger charge is -2.30. The molecule has 2 atom stereocenters. The highest BCUT2D eigenvalue weighted by molar-refractivity contribution is 7.88. The number of thiazole rings is 1. The zero-order chi connectivity index (χ0) is 21.2. The number of aromatic nitrogens is 1. The van der Waals surface area contributed by atoms with E-state index in [2.05, 4.69) is 4.72 Å². The summed E-state index contributed by atoms with van der Waals surface area (Å²) in [5, 5.41) is 2.86. The van der Waals surface area contributed by atoms with E-state index in [1.165, 1.54) is 11.3 Å². The number of hydrogen-bond donors (Lipinski definition) is 1. The lowest BCUT2D eigenvalue weighted by Crippen LogP contribution is -2.48. The van der Waals surface area contributed by atoms with Gasteiger partial charge in [0.25, 0.3) is 0 Å². The Morgan fingerprint density at radius 1 is 1.31 bits per heavy atom. The van der Waals surface area contributed by atoms with E-state index < -0.39 is 21.7 Å². The van der Waals surface area contributed by atoms with Crippen LogP contribution in [0.4, 0.5) is 4.79 Å². The molecule has 2 aromatic rings. The predicted molar refractivity (Wildman–Crippen MR) is 114 cm³/mol. The van der Waals surface area contributed by atoms with Crippen LogP contribution in [0, 0.1) is 0 Å². The number of amides is 1.